The third kappa shape index (κ3) is 5.27. The fourth-order valence-electron chi connectivity index (χ4n) is 2.08. The molecule has 0 saturated heterocycles. The first kappa shape index (κ1) is 32.6. The van der Waals surface area contributed by atoms with Crippen LogP contribution in [0.4, 0.5) is 74.6 Å². The summed E-state index contributed by atoms with van der Waals surface area (Å²) in [6.07, 6.45) is -10.5. The Bertz CT molecular complexity index is 921. The molecular formula is C14H4F17O3S2-. The number of halogens is 17. The monoisotopic (exact) mass is 607 g/mol. The van der Waals surface area contributed by atoms with Crippen molar-refractivity contribution in [2.45, 2.75) is 52.0 Å². The lowest BCUT2D eigenvalue weighted by atomic mass is 9.93. The maximum Gasteiger partial charge on any atom is 0.460 e. The Labute approximate surface area is 195 Å². The quantitative estimate of drug-likeness (QED) is 0.0701. The molecule has 0 heterocycles. The lowest BCUT2D eigenvalue weighted by molar-refractivity contribution is -0.777. The maximum atomic E-state index is 13.8. The van der Waals surface area contributed by atoms with Gasteiger partial charge in [0.2, 0.25) is 0 Å². The van der Waals surface area contributed by atoms with Gasteiger partial charge in [0, 0.05) is 12.2 Å². The van der Waals surface area contributed by atoms with E-state index in [2.05, 4.69) is 9.37 Å². The molecule has 0 amide bonds. The average molecular weight is 607 g/mol. The van der Waals surface area contributed by atoms with E-state index in [9.17, 15) is 79.9 Å². The van der Waals surface area contributed by atoms with E-state index in [1.54, 1.807) is 0 Å². The van der Waals surface area contributed by atoms with Gasteiger partial charge in [-0.25, -0.2) is 17.6 Å². The van der Waals surface area contributed by atoms with Crippen LogP contribution in [0.3, 0.4) is 0 Å². The van der Waals surface area contributed by atoms with Crippen molar-refractivity contribution in [2.75, 3.05) is 5.75 Å². The normalized spacial score (nSPS) is 14.5. The summed E-state index contributed by atoms with van der Waals surface area (Å²) in [5.41, 5.74) is 0. The van der Waals surface area contributed by atoms with Crippen LogP contribution in [0, 0.1) is 23.3 Å². The predicted molar refractivity (Wildman–Crippen MR) is 80.4 cm³/mol. The van der Waals surface area contributed by atoms with Gasteiger partial charge in [-0.3, -0.25) is 5.04 Å². The van der Waals surface area contributed by atoms with Gasteiger partial charge in [0.1, 0.15) is 4.90 Å². The van der Waals surface area contributed by atoms with Crippen LogP contribution in [0.2, 0.25) is 0 Å². The summed E-state index contributed by atoms with van der Waals surface area (Å²) in [4.78, 5) is -3.65. The van der Waals surface area contributed by atoms with Gasteiger partial charge in [0.15, 0.2) is 23.3 Å². The lowest BCUT2D eigenvalue weighted by Gasteiger charge is -2.39. The Morgan fingerprint density at radius 1 is 0.583 bits per heavy atom. The van der Waals surface area contributed by atoms with E-state index < -0.39 is 105 Å². The van der Waals surface area contributed by atoms with Gasteiger partial charge < -0.3 is 5.26 Å². The largest absolute Gasteiger partial charge is 0.691 e. The lowest BCUT2D eigenvalue weighted by Crippen LogP contribution is -2.70. The van der Waals surface area contributed by atoms with Crippen molar-refractivity contribution in [1.29, 1.82) is 0 Å². The SMILES string of the molecule is [O-]OOSc1c(F)c(F)c(SCCC(F)(F)C(F)(F)C(F)(F)C(F)(F)C(F)(F)C(F)(F)F)c(F)c1F. The van der Waals surface area contributed by atoms with E-state index in [4.69, 9.17) is 0 Å². The molecule has 0 N–H and O–H groups in total. The minimum Gasteiger partial charge on any atom is -0.691 e. The van der Waals surface area contributed by atoms with Gasteiger partial charge >= 0.3 is 35.8 Å². The van der Waals surface area contributed by atoms with E-state index in [0.717, 1.165) is 0 Å². The van der Waals surface area contributed by atoms with Crippen LogP contribution in [-0.4, -0.2) is 41.5 Å². The van der Waals surface area contributed by atoms with Crippen molar-refractivity contribution in [3.63, 3.8) is 0 Å². The number of hydrogen-bond acceptors (Lipinski definition) is 5. The van der Waals surface area contributed by atoms with Crippen molar-refractivity contribution in [3.05, 3.63) is 23.3 Å². The summed E-state index contributed by atoms with van der Waals surface area (Å²) < 4.78 is 228. The van der Waals surface area contributed by atoms with E-state index >= 15 is 0 Å². The summed E-state index contributed by atoms with van der Waals surface area (Å²) >= 11 is -1.58. The minimum atomic E-state index is -8.13. The van der Waals surface area contributed by atoms with Crippen LogP contribution >= 0.6 is 23.8 Å². The molecule has 0 atom stereocenters. The highest BCUT2D eigenvalue weighted by Gasteiger charge is 2.90. The molecule has 0 unspecified atom stereocenters. The number of thioether (sulfide) groups is 1. The molecule has 0 aliphatic rings. The van der Waals surface area contributed by atoms with Crippen LogP contribution in [-0.2, 0) is 9.37 Å². The third-order valence-corrected chi connectivity index (χ3v) is 5.69. The van der Waals surface area contributed by atoms with Crippen molar-refractivity contribution < 1.29 is 89.3 Å². The highest BCUT2D eigenvalue weighted by Crippen LogP contribution is 2.60. The van der Waals surface area contributed by atoms with Crippen LogP contribution in [0.5, 0.6) is 0 Å². The molecule has 0 bridgehead atoms. The van der Waals surface area contributed by atoms with Crippen LogP contribution in [0.15, 0.2) is 9.79 Å². The predicted octanol–water partition coefficient (Wildman–Crippen LogP) is 6.69. The third-order valence-electron chi connectivity index (χ3n) is 3.99. The molecule has 22 heteroatoms. The van der Waals surface area contributed by atoms with Gasteiger partial charge in [0.25, 0.3) is 0 Å². The summed E-state index contributed by atoms with van der Waals surface area (Å²) in [6.45, 7) is 0. The number of rotatable bonds is 11. The van der Waals surface area contributed by atoms with E-state index in [-0.39, 0.29) is 0 Å². The Morgan fingerprint density at radius 3 is 1.36 bits per heavy atom. The molecular weight excluding hydrogens is 603 g/mol. The highest BCUT2D eigenvalue weighted by molar-refractivity contribution is 7.99. The topological polar surface area (TPSA) is 41.5 Å². The zero-order valence-electron chi connectivity index (χ0n) is 15.9. The van der Waals surface area contributed by atoms with Crippen molar-refractivity contribution in [3.8, 4) is 0 Å². The first-order chi connectivity index (χ1) is 15.9. The average Bonchev–Trinajstić information content (AvgIpc) is 2.73. The molecule has 36 heavy (non-hydrogen) atoms. The second-order valence-corrected chi connectivity index (χ2v) is 8.05. The number of alkyl halides is 13. The summed E-state index contributed by atoms with van der Waals surface area (Å²) in [5.74, 6) is -50.0. The molecule has 1 aromatic carbocycles. The second-order valence-electron chi connectivity index (χ2n) is 6.23. The van der Waals surface area contributed by atoms with Crippen molar-refractivity contribution in [1.82, 2.24) is 0 Å². The van der Waals surface area contributed by atoms with Crippen LogP contribution in [0.25, 0.3) is 0 Å². The molecule has 0 spiro atoms. The van der Waals surface area contributed by atoms with Gasteiger partial charge in [-0.2, -0.15) is 61.4 Å². The van der Waals surface area contributed by atoms with Gasteiger partial charge in [-0.1, -0.05) is 0 Å². The van der Waals surface area contributed by atoms with E-state index in [0.29, 0.717) is 0 Å². The van der Waals surface area contributed by atoms with Crippen molar-refractivity contribution >= 4 is 23.8 Å². The zero-order valence-corrected chi connectivity index (χ0v) is 17.5. The van der Waals surface area contributed by atoms with Crippen molar-refractivity contribution in [2.24, 2.45) is 0 Å². The molecule has 3 nitrogen and oxygen atoms in total. The Morgan fingerprint density at radius 2 is 0.972 bits per heavy atom. The smallest absolute Gasteiger partial charge is 0.460 e. The molecule has 210 valence electrons. The molecule has 0 radical (unpaired) electrons. The Hall–Kier alpha value is -1.39. The standard InChI is InChI=1S/C14H5F17O3S2/c15-3-5(17)8(36-34-33-32)6(18)4(16)7(3)35-2-1-9(19,20)10(21,22)11(23,24)12(25,26)13(27,28)14(29,30)31/h32H,1-2H2/p-1. The number of benzene rings is 1. The summed E-state index contributed by atoms with van der Waals surface area (Å²) in [5, 5.41) is 12.2. The molecule has 1 rings (SSSR count). The first-order valence-electron chi connectivity index (χ1n) is 8.01. The number of hydrogen-bond donors (Lipinski definition) is 0. The second kappa shape index (κ2) is 10.4. The van der Waals surface area contributed by atoms with Gasteiger partial charge in [0.05, 0.1) is 16.9 Å². The van der Waals surface area contributed by atoms with Crippen LogP contribution < -0.4 is 5.26 Å². The van der Waals surface area contributed by atoms with Gasteiger partial charge in [-0.15, -0.1) is 11.8 Å². The zero-order chi connectivity index (χ0) is 28.7. The molecule has 0 aliphatic heterocycles. The fourth-order valence-corrected chi connectivity index (χ4v) is 3.50. The minimum absolute atomic E-state index is 0.738. The summed E-state index contributed by atoms with van der Waals surface area (Å²) in [7, 11) is 0. The molecule has 0 aliphatic carbocycles. The fraction of sp³-hybridized carbons (Fsp3) is 0.571. The van der Waals surface area contributed by atoms with Gasteiger partial charge in [-0.05, 0) is 0 Å². The van der Waals surface area contributed by atoms with E-state index in [1.807, 2.05) is 0 Å². The maximum absolute atomic E-state index is 13.8. The highest BCUT2D eigenvalue weighted by atomic mass is 32.2. The summed E-state index contributed by atoms with van der Waals surface area (Å²) in [6, 6.07) is 0. The van der Waals surface area contributed by atoms with Crippen LogP contribution in [0.1, 0.15) is 6.42 Å². The molecule has 0 saturated carbocycles. The molecule has 0 aromatic heterocycles. The van der Waals surface area contributed by atoms with E-state index in [1.165, 1.54) is 0 Å². The molecule has 0 fully saturated rings. The first-order valence-corrected chi connectivity index (χ1v) is 9.74. The Kier molecular flexibility index (Phi) is 9.43. The Balaban J connectivity index is 3.25. The molecule has 1 aromatic rings.